The fourth-order valence-electron chi connectivity index (χ4n) is 1.73. The molecule has 0 spiro atoms. The lowest BCUT2D eigenvalue weighted by Gasteiger charge is -2.07. The van der Waals surface area contributed by atoms with Gasteiger partial charge in [0.1, 0.15) is 5.82 Å². The summed E-state index contributed by atoms with van der Waals surface area (Å²) in [6.07, 6.45) is 4.09. The second-order valence-electron chi connectivity index (χ2n) is 4.03. The number of aromatic nitrogens is 3. The summed E-state index contributed by atoms with van der Waals surface area (Å²) in [5, 5.41) is 4.22. The Balaban J connectivity index is 2.19. The van der Waals surface area contributed by atoms with Gasteiger partial charge in [0.05, 0.1) is 0 Å². The first-order valence-corrected chi connectivity index (χ1v) is 4.80. The maximum absolute atomic E-state index is 6.11. The molecule has 2 aromatic rings. The highest BCUT2D eigenvalue weighted by atomic mass is 15.3. The second kappa shape index (κ2) is 2.33. The molecule has 0 unspecified atom stereocenters. The molecule has 0 aliphatic heterocycles. The summed E-state index contributed by atoms with van der Waals surface area (Å²) < 4.78 is 1.78. The van der Waals surface area contributed by atoms with Gasteiger partial charge in [-0.2, -0.15) is 5.10 Å². The van der Waals surface area contributed by atoms with Gasteiger partial charge in [-0.1, -0.05) is 0 Å². The van der Waals surface area contributed by atoms with E-state index in [0.717, 1.165) is 24.3 Å². The van der Waals surface area contributed by atoms with E-state index in [1.165, 1.54) is 5.56 Å². The van der Waals surface area contributed by atoms with Crippen LogP contribution < -0.4 is 5.73 Å². The molecule has 0 bridgehead atoms. The van der Waals surface area contributed by atoms with Crippen LogP contribution in [0.4, 0.5) is 0 Å². The monoisotopic (exact) mass is 188 g/mol. The number of nitrogens with zero attached hydrogens (tertiary/aromatic N) is 3. The van der Waals surface area contributed by atoms with Gasteiger partial charge >= 0.3 is 0 Å². The number of aryl methyl sites for hydroxylation is 1. The summed E-state index contributed by atoms with van der Waals surface area (Å²) in [4.78, 5) is 4.31. The van der Waals surface area contributed by atoms with E-state index in [0.29, 0.717) is 0 Å². The number of hydrogen-bond acceptors (Lipinski definition) is 3. The Morgan fingerprint density at radius 1 is 1.50 bits per heavy atom. The van der Waals surface area contributed by atoms with Crippen molar-refractivity contribution in [2.45, 2.75) is 25.3 Å². The van der Waals surface area contributed by atoms with Gasteiger partial charge in [0.2, 0.25) is 0 Å². The lowest BCUT2D eigenvalue weighted by molar-refractivity contribution is 0.736. The molecule has 1 fully saturated rings. The van der Waals surface area contributed by atoms with Crippen molar-refractivity contribution >= 4 is 5.65 Å². The topological polar surface area (TPSA) is 56.2 Å². The first kappa shape index (κ1) is 7.94. The molecule has 0 radical (unpaired) electrons. The molecular formula is C10H12N4. The van der Waals surface area contributed by atoms with Gasteiger partial charge in [0, 0.05) is 11.7 Å². The smallest absolute Gasteiger partial charge is 0.155 e. The predicted molar refractivity (Wildman–Crippen MR) is 52.8 cm³/mol. The van der Waals surface area contributed by atoms with Crippen LogP contribution in [0.1, 0.15) is 24.2 Å². The van der Waals surface area contributed by atoms with Crippen LogP contribution in [0.3, 0.4) is 0 Å². The fraction of sp³-hybridized carbons (Fsp3) is 0.400. The summed E-state index contributed by atoms with van der Waals surface area (Å²) in [6, 6.07) is 4.07. The Bertz CT molecular complexity index is 496. The van der Waals surface area contributed by atoms with E-state index in [1.807, 2.05) is 25.3 Å². The molecule has 72 valence electrons. The van der Waals surface area contributed by atoms with Gasteiger partial charge in [0.25, 0.3) is 0 Å². The van der Waals surface area contributed by atoms with Crippen molar-refractivity contribution in [3.8, 4) is 0 Å². The van der Waals surface area contributed by atoms with Crippen molar-refractivity contribution in [2.75, 3.05) is 0 Å². The number of rotatable bonds is 1. The minimum absolute atomic E-state index is 0.0817. The minimum Gasteiger partial charge on any atom is -0.321 e. The van der Waals surface area contributed by atoms with Crippen molar-refractivity contribution < 1.29 is 0 Å². The molecule has 2 aromatic heterocycles. The van der Waals surface area contributed by atoms with Gasteiger partial charge in [-0.25, -0.2) is 9.50 Å². The molecule has 0 aromatic carbocycles. The minimum atomic E-state index is -0.0817. The van der Waals surface area contributed by atoms with Gasteiger partial charge < -0.3 is 5.73 Å². The van der Waals surface area contributed by atoms with Crippen LogP contribution in [0.15, 0.2) is 18.3 Å². The summed E-state index contributed by atoms with van der Waals surface area (Å²) in [7, 11) is 0. The van der Waals surface area contributed by atoms with E-state index in [1.54, 1.807) is 4.52 Å². The Morgan fingerprint density at radius 3 is 3.00 bits per heavy atom. The standard InChI is InChI=1S/C10H12N4/c1-7-12-9-6-8(10(11)3-4-10)2-5-14(9)13-7/h2,5-6H,3-4,11H2,1H3. The SMILES string of the molecule is Cc1nc2cc(C3(N)CC3)ccn2n1. The number of pyridine rings is 1. The van der Waals surface area contributed by atoms with Crippen LogP contribution in [0, 0.1) is 6.92 Å². The summed E-state index contributed by atoms with van der Waals surface area (Å²) in [5.74, 6) is 0.795. The molecule has 4 nitrogen and oxygen atoms in total. The fourth-order valence-corrected chi connectivity index (χ4v) is 1.73. The molecule has 1 aliphatic carbocycles. The van der Waals surface area contributed by atoms with Gasteiger partial charge in [-0.05, 0) is 37.5 Å². The zero-order chi connectivity index (χ0) is 9.76. The molecule has 0 saturated heterocycles. The van der Waals surface area contributed by atoms with Crippen LogP contribution >= 0.6 is 0 Å². The molecule has 0 amide bonds. The van der Waals surface area contributed by atoms with E-state index >= 15 is 0 Å². The van der Waals surface area contributed by atoms with E-state index in [-0.39, 0.29) is 5.54 Å². The molecule has 4 heteroatoms. The summed E-state index contributed by atoms with van der Waals surface area (Å²) in [5.41, 5.74) is 8.09. The van der Waals surface area contributed by atoms with Crippen LogP contribution in [0.2, 0.25) is 0 Å². The zero-order valence-corrected chi connectivity index (χ0v) is 8.07. The lowest BCUT2D eigenvalue weighted by Crippen LogP contribution is -2.18. The average molecular weight is 188 g/mol. The van der Waals surface area contributed by atoms with E-state index < -0.39 is 0 Å². The normalized spacial score (nSPS) is 18.7. The Morgan fingerprint density at radius 2 is 2.29 bits per heavy atom. The third-order valence-corrected chi connectivity index (χ3v) is 2.81. The molecule has 2 N–H and O–H groups in total. The molecular weight excluding hydrogens is 176 g/mol. The van der Waals surface area contributed by atoms with Crippen molar-refractivity contribution in [1.82, 2.24) is 14.6 Å². The number of fused-ring (bicyclic) bond motifs is 1. The lowest BCUT2D eigenvalue weighted by atomic mass is 10.1. The van der Waals surface area contributed by atoms with Crippen molar-refractivity contribution in [3.05, 3.63) is 29.7 Å². The largest absolute Gasteiger partial charge is 0.321 e. The zero-order valence-electron chi connectivity index (χ0n) is 8.07. The molecule has 0 atom stereocenters. The molecule has 1 saturated carbocycles. The molecule has 3 rings (SSSR count). The highest BCUT2D eigenvalue weighted by Gasteiger charge is 2.40. The quantitative estimate of drug-likeness (QED) is 0.726. The van der Waals surface area contributed by atoms with Crippen LogP contribution in [0.25, 0.3) is 5.65 Å². The van der Waals surface area contributed by atoms with E-state index in [4.69, 9.17) is 5.73 Å². The summed E-state index contributed by atoms with van der Waals surface area (Å²) in [6.45, 7) is 1.89. The first-order valence-electron chi connectivity index (χ1n) is 4.80. The van der Waals surface area contributed by atoms with Crippen LogP contribution in [-0.2, 0) is 5.54 Å². The number of hydrogen-bond donors (Lipinski definition) is 1. The highest BCUT2D eigenvalue weighted by molar-refractivity contribution is 5.44. The predicted octanol–water partition coefficient (Wildman–Crippen LogP) is 0.986. The van der Waals surface area contributed by atoms with Gasteiger partial charge in [0.15, 0.2) is 5.65 Å². The summed E-state index contributed by atoms with van der Waals surface area (Å²) >= 11 is 0. The van der Waals surface area contributed by atoms with E-state index in [2.05, 4.69) is 10.1 Å². The Labute approximate surface area is 81.8 Å². The third-order valence-electron chi connectivity index (χ3n) is 2.81. The molecule has 2 heterocycles. The first-order chi connectivity index (χ1) is 6.67. The van der Waals surface area contributed by atoms with Crippen molar-refractivity contribution in [1.29, 1.82) is 0 Å². The van der Waals surface area contributed by atoms with Crippen LogP contribution in [-0.4, -0.2) is 14.6 Å². The Hall–Kier alpha value is -1.42. The highest BCUT2D eigenvalue weighted by Crippen LogP contribution is 2.42. The van der Waals surface area contributed by atoms with Crippen molar-refractivity contribution in [2.24, 2.45) is 5.73 Å². The maximum Gasteiger partial charge on any atom is 0.155 e. The van der Waals surface area contributed by atoms with Gasteiger partial charge in [-0.15, -0.1) is 0 Å². The van der Waals surface area contributed by atoms with Crippen LogP contribution in [0.5, 0.6) is 0 Å². The van der Waals surface area contributed by atoms with Gasteiger partial charge in [-0.3, -0.25) is 0 Å². The van der Waals surface area contributed by atoms with Crippen molar-refractivity contribution in [3.63, 3.8) is 0 Å². The number of nitrogens with two attached hydrogens (primary N) is 1. The Kier molecular flexibility index (Phi) is 1.32. The molecule has 1 aliphatic rings. The average Bonchev–Trinajstić information content (AvgIpc) is 2.79. The van der Waals surface area contributed by atoms with E-state index in [9.17, 15) is 0 Å². The third kappa shape index (κ3) is 1.04. The second-order valence-corrected chi connectivity index (χ2v) is 4.03. The maximum atomic E-state index is 6.11. The molecule has 14 heavy (non-hydrogen) atoms.